The molecule has 0 aromatic heterocycles. The van der Waals surface area contributed by atoms with Crippen molar-refractivity contribution in [1.82, 2.24) is 0 Å². The molecule has 3 atom stereocenters. The molecule has 0 saturated heterocycles. The van der Waals surface area contributed by atoms with Crippen molar-refractivity contribution >= 4 is 0 Å². The number of rotatable bonds is 0. The summed E-state index contributed by atoms with van der Waals surface area (Å²) in [7, 11) is 0. The fourth-order valence-electron chi connectivity index (χ4n) is 4.13. The van der Waals surface area contributed by atoms with Gasteiger partial charge in [-0.1, -0.05) is 31.2 Å². The molecule has 0 N–H and O–H groups in total. The van der Waals surface area contributed by atoms with Crippen LogP contribution in [0.4, 0.5) is 0 Å². The van der Waals surface area contributed by atoms with Crippen LogP contribution in [-0.2, 0) is 0 Å². The van der Waals surface area contributed by atoms with E-state index in [-0.39, 0.29) is 0 Å². The summed E-state index contributed by atoms with van der Waals surface area (Å²) in [5.74, 6) is 2.70. The summed E-state index contributed by atoms with van der Waals surface area (Å²) in [5.41, 5.74) is 6.44. The molecule has 0 spiro atoms. The lowest BCUT2D eigenvalue weighted by molar-refractivity contribution is 0.359. The van der Waals surface area contributed by atoms with E-state index in [4.69, 9.17) is 0 Å². The molecule has 0 heteroatoms. The van der Waals surface area contributed by atoms with Gasteiger partial charge in [-0.2, -0.15) is 0 Å². The van der Waals surface area contributed by atoms with E-state index in [9.17, 15) is 0 Å². The fraction of sp³-hybridized carbons (Fsp3) is 0.500. The number of allylic oxidation sites excluding steroid dienone is 8. The van der Waals surface area contributed by atoms with Crippen LogP contribution in [-0.4, -0.2) is 0 Å². The second-order valence-corrected chi connectivity index (χ2v) is 5.80. The van der Waals surface area contributed by atoms with Crippen LogP contribution in [0.2, 0.25) is 0 Å². The summed E-state index contributed by atoms with van der Waals surface area (Å²) in [4.78, 5) is 0. The van der Waals surface area contributed by atoms with Gasteiger partial charge in [0.2, 0.25) is 0 Å². The molecule has 82 valence electrons. The van der Waals surface area contributed by atoms with Gasteiger partial charge < -0.3 is 0 Å². The molecule has 4 aliphatic rings. The van der Waals surface area contributed by atoms with Gasteiger partial charge in [-0.25, -0.2) is 0 Å². The van der Waals surface area contributed by atoms with Crippen LogP contribution in [0.15, 0.2) is 46.6 Å². The van der Waals surface area contributed by atoms with E-state index in [1.165, 1.54) is 31.3 Å². The Morgan fingerprint density at radius 3 is 3.00 bits per heavy atom. The summed E-state index contributed by atoms with van der Waals surface area (Å²) < 4.78 is 0. The third kappa shape index (κ3) is 1.00. The van der Waals surface area contributed by atoms with Crippen LogP contribution in [0, 0.1) is 17.8 Å². The minimum atomic E-state index is 0.889. The molecule has 4 aliphatic carbocycles. The molecule has 0 aliphatic heterocycles. The molecule has 0 aromatic carbocycles. The highest BCUT2D eigenvalue weighted by Crippen LogP contribution is 2.58. The maximum absolute atomic E-state index is 2.50. The van der Waals surface area contributed by atoms with Crippen LogP contribution in [0.3, 0.4) is 0 Å². The van der Waals surface area contributed by atoms with Crippen molar-refractivity contribution < 1.29 is 0 Å². The molecule has 0 aromatic rings. The highest BCUT2D eigenvalue weighted by molar-refractivity contribution is 5.60. The molecule has 2 fully saturated rings. The Bertz CT molecular complexity index is 470. The van der Waals surface area contributed by atoms with Crippen molar-refractivity contribution in [2.75, 3.05) is 0 Å². The number of fused-ring (bicyclic) bond motifs is 5. The number of hydrogen-bond acceptors (Lipinski definition) is 0. The zero-order valence-corrected chi connectivity index (χ0v) is 9.87. The zero-order valence-electron chi connectivity index (χ0n) is 9.87. The first kappa shape index (κ1) is 9.04. The van der Waals surface area contributed by atoms with Gasteiger partial charge in [0.25, 0.3) is 0 Å². The van der Waals surface area contributed by atoms with E-state index in [0.717, 1.165) is 17.8 Å². The summed E-state index contributed by atoms with van der Waals surface area (Å²) in [6.07, 6.45) is 15.1. The minimum absolute atomic E-state index is 0.889. The summed E-state index contributed by atoms with van der Waals surface area (Å²) in [6, 6.07) is 0. The molecule has 0 nitrogen and oxygen atoms in total. The smallest absolute Gasteiger partial charge is 0.00642 e. The molecule has 2 saturated carbocycles. The highest BCUT2D eigenvalue weighted by atomic mass is 14.5. The minimum Gasteiger partial charge on any atom is -0.0766 e. The van der Waals surface area contributed by atoms with Gasteiger partial charge in [-0.15, -0.1) is 0 Å². The van der Waals surface area contributed by atoms with Crippen LogP contribution in [0.5, 0.6) is 0 Å². The monoisotopic (exact) mass is 210 g/mol. The van der Waals surface area contributed by atoms with Crippen molar-refractivity contribution in [3.05, 3.63) is 46.6 Å². The van der Waals surface area contributed by atoms with E-state index in [1.54, 1.807) is 16.7 Å². The molecule has 16 heavy (non-hydrogen) atoms. The van der Waals surface area contributed by atoms with Crippen molar-refractivity contribution in [2.45, 2.75) is 32.6 Å². The Morgan fingerprint density at radius 1 is 1.12 bits per heavy atom. The maximum atomic E-state index is 2.50. The van der Waals surface area contributed by atoms with E-state index in [0.29, 0.717) is 0 Å². The number of hydrogen-bond donors (Lipinski definition) is 0. The van der Waals surface area contributed by atoms with Crippen molar-refractivity contribution in [1.29, 1.82) is 0 Å². The van der Waals surface area contributed by atoms with Crippen molar-refractivity contribution in [3.8, 4) is 0 Å². The van der Waals surface area contributed by atoms with E-state index >= 15 is 0 Å². The predicted molar refractivity (Wildman–Crippen MR) is 66.9 cm³/mol. The van der Waals surface area contributed by atoms with Gasteiger partial charge >= 0.3 is 0 Å². The molecule has 0 radical (unpaired) electrons. The first-order chi connectivity index (χ1) is 7.84. The Morgan fingerprint density at radius 2 is 2.06 bits per heavy atom. The lowest BCUT2D eigenvalue weighted by Crippen LogP contribution is -2.30. The maximum Gasteiger partial charge on any atom is -0.00642 e. The van der Waals surface area contributed by atoms with Gasteiger partial charge in [0.05, 0.1) is 0 Å². The van der Waals surface area contributed by atoms with Gasteiger partial charge in [0, 0.05) is 0 Å². The lowest BCUT2D eigenvalue weighted by Gasteiger charge is -2.40. The predicted octanol–water partition coefficient (Wildman–Crippen LogP) is 4.18. The average Bonchev–Trinajstić information content (AvgIpc) is 2.78. The van der Waals surface area contributed by atoms with Gasteiger partial charge in [-0.3, -0.25) is 0 Å². The second kappa shape index (κ2) is 3.00. The van der Waals surface area contributed by atoms with E-state index in [1.807, 2.05) is 0 Å². The van der Waals surface area contributed by atoms with E-state index < -0.39 is 0 Å². The molecule has 0 heterocycles. The third-order valence-corrected chi connectivity index (χ3v) is 5.00. The Kier molecular flexibility index (Phi) is 1.69. The largest absolute Gasteiger partial charge is 0.0766 e. The normalized spacial score (nSPS) is 39.4. The quantitative estimate of drug-likeness (QED) is 0.563. The van der Waals surface area contributed by atoms with Crippen LogP contribution in [0.1, 0.15) is 32.6 Å². The van der Waals surface area contributed by atoms with Crippen molar-refractivity contribution in [3.63, 3.8) is 0 Å². The van der Waals surface area contributed by atoms with E-state index in [2.05, 4.69) is 31.2 Å². The first-order valence-electron chi connectivity index (χ1n) is 6.68. The Labute approximate surface area is 97.4 Å². The molecular weight excluding hydrogens is 192 g/mol. The molecule has 0 bridgehead atoms. The summed E-state index contributed by atoms with van der Waals surface area (Å²) in [6.45, 7) is 2.44. The zero-order chi connectivity index (χ0) is 10.7. The highest BCUT2D eigenvalue weighted by Gasteiger charge is 2.47. The molecule has 3 unspecified atom stereocenters. The topological polar surface area (TPSA) is 0 Å². The average molecular weight is 210 g/mol. The van der Waals surface area contributed by atoms with Crippen molar-refractivity contribution in [2.24, 2.45) is 17.8 Å². The SMILES string of the molecule is CC1CCC2C3=CC=C4CCC=C4C=C3C12. The van der Waals surface area contributed by atoms with Crippen LogP contribution in [0.25, 0.3) is 0 Å². The first-order valence-corrected chi connectivity index (χ1v) is 6.68. The lowest BCUT2D eigenvalue weighted by atomic mass is 9.64. The second-order valence-electron chi connectivity index (χ2n) is 5.80. The third-order valence-electron chi connectivity index (χ3n) is 5.00. The Hall–Kier alpha value is -1.04. The molecular formula is C16H18. The summed E-state index contributed by atoms with van der Waals surface area (Å²) >= 11 is 0. The van der Waals surface area contributed by atoms with Crippen LogP contribution >= 0.6 is 0 Å². The van der Waals surface area contributed by atoms with Gasteiger partial charge in [0.15, 0.2) is 0 Å². The van der Waals surface area contributed by atoms with Gasteiger partial charge in [0.1, 0.15) is 0 Å². The Balaban J connectivity index is 1.81. The molecule has 0 amide bonds. The summed E-state index contributed by atoms with van der Waals surface area (Å²) in [5, 5.41) is 0. The standard InChI is InChI=1S/C16H18/c1-10-5-7-14-13-8-6-11-3-2-4-12(11)9-15(13)16(10)14/h4,6,8-10,14,16H,2-3,5,7H2,1H3. The van der Waals surface area contributed by atoms with Crippen LogP contribution < -0.4 is 0 Å². The van der Waals surface area contributed by atoms with Gasteiger partial charge in [-0.05, 0) is 65.7 Å². The molecule has 4 rings (SSSR count). The fourth-order valence-corrected chi connectivity index (χ4v) is 4.13.